The first kappa shape index (κ1) is 16.7. The lowest BCUT2D eigenvalue weighted by Gasteiger charge is -2.33. The molecule has 0 bridgehead atoms. The van der Waals surface area contributed by atoms with Crippen LogP contribution in [0.25, 0.3) is 0 Å². The van der Waals surface area contributed by atoms with Gasteiger partial charge in [0.1, 0.15) is 17.8 Å². The Morgan fingerprint density at radius 3 is 2.67 bits per heavy atom. The van der Waals surface area contributed by atoms with Gasteiger partial charge >= 0.3 is 6.18 Å². The zero-order valence-corrected chi connectivity index (χ0v) is 13.4. The highest BCUT2D eigenvalue weighted by Gasteiger charge is 2.33. The molecule has 1 amide bonds. The van der Waals surface area contributed by atoms with E-state index in [1.165, 1.54) is 11.3 Å². The molecule has 9 heteroatoms. The highest BCUT2D eigenvalue weighted by atomic mass is 32.1. The Balaban J connectivity index is 1.58. The van der Waals surface area contributed by atoms with Gasteiger partial charge in [-0.1, -0.05) is 6.07 Å². The van der Waals surface area contributed by atoms with Crippen molar-refractivity contribution in [2.45, 2.75) is 25.1 Å². The number of thiophene rings is 1. The molecule has 3 heterocycles. The maximum atomic E-state index is 12.7. The first-order valence-electron chi connectivity index (χ1n) is 7.42. The predicted molar refractivity (Wildman–Crippen MR) is 84.1 cm³/mol. The summed E-state index contributed by atoms with van der Waals surface area (Å²) in [5.74, 6) is 0.158. The van der Waals surface area contributed by atoms with Gasteiger partial charge in [-0.3, -0.25) is 4.79 Å². The van der Waals surface area contributed by atoms with Crippen LogP contribution in [0.5, 0.6) is 0 Å². The fraction of sp³-hybridized carbons (Fsp3) is 0.400. The van der Waals surface area contributed by atoms with Crippen molar-refractivity contribution < 1.29 is 18.0 Å². The molecule has 1 N–H and O–H groups in total. The Morgan fingerprint density at radius 2 is 2.04 bits per heavy atom. The lowest BCUT2D eigenvalue weighted by Crippen LogP contribution is -2.44. The van der Waals surface area contributed by atoms with Crippen molar-refractivity contribution in [3.8, 4) is 0 Å². The van der Waals surface area contributed by atoms with Crippen molar-refractivity contribution in [1.29, 1.82) is 0 Å². The van der Waals surface area contributed by atoms with Crippen molar-refractivity contribution in [2.24, 2.45) is 0 Å². The first-order valence-corrected chi connectivity index (χ1v) is 8.30. The molecular formula is C15H15F3N4OS. The second-order valence-electron chi connectivity index (χ2n) is 5.47. The van der Waals surface area contributed by atoms with E-state index in [-0.39, 0.29) is 17.8 Å². The molecule has 24 heavy (non-hydrogen) atoms. The molecule has 1 aliphatic heterocycles. The van der Waals surface area contributed by atoms with Crippen LogP contribution in [0, 0.1) is 0 Å². The van der Waals surface area contributed by atoms with Gasteiger partial charge in [0.15, 0.2) is 0 Å². The molecule has 0 aliphatic carbocycles. The lowest BCUT2D eigenvalue weighted by molar-refractivity contribution is -0.141. The SMILES string of the molecule is O=C(NC1CCN(c2cc(C(F)(F)F)ncn2)CC1)c1cccs1. The van der Waals surface area contributed by atoms with E-state index in [1.54, 1.807) is 11.0 Å². The number of piperidine rings is 1. The fourth-order valence-electron chi connectivity index (χ4n) is 2.59. The number of rotatable bonds is 3. The summed E-state index contributed by atoms with van der Waals surface area (Å²) < 4.78 is 38.2. The summed E-state index contributed by atoms with van der Waals surface area (Å²) >= 11 is 1.37. The highest BCUT2D eigenvalue weighted by Crippen LogP contribution is 2.29. The van der Waals surface area contributed by atoms with Crippen LogP contribution in [-0.4, -0.2) is 35.0 Å². The van der Waals surface area contributed by atoms with Gasteiger partial charge in [-0.15, -0.1) is 11.3 Å². The Hall–Kier alpha value is -2.16. The predicted octanol–water partition coefficient (Wildman–Crippen LogP) is 2.96. The Kier molecular flexibility index (Phi) is 4.70. The number of amides is 1. The van der Waals surface area contributed by atoms with Crippen molar-refractivity contribution in [1.82, 2.24) is 15.3 Å². The van der Waals surface area contributed by atoms with Crippen LogP contribution >= 0.6 is 11.3 Å². The van der Waals surface area contributed by atoms with E-state index in [0.717, 1.165) is 12.4 Å². The molecule has 0 unspecified atom stereocenters. The number of hydrogen-bond acceptors (Lipinski definition) is 5. The monoisotopic (exact) mass is 356 g/mol. The minimum absolute atomic E-state index is 0.0137. The summed E-state index contributed by atoms with van der Waals surface area (Å²) in [6, 6.07) is 4.55. The van der Waals surface area contributed by atoms with Gasteiger partial charge < -0.3 is 10.2 Å². The molecule has 0 aromatic carbocycles. The standard InChI is InChI=1S/C15H15F3N4OS/c16-15(17,18)12-8-13(20-9-19-12)22-5-3-10(4-6-22)21-14(23)11-2-1-7-24-11/h1-2,7-10H,3-6H2,(H,21,23). The summed E-state index contributed by atoms with van der Waals surface area (Å²) in [4.78, 5) is 21.7. The van der Waals surface area contributed by atoms with E-state index < -0.39 is 11.9 Å². The van der Waals surface area contributed by atoms with Crippen LogP contribution in [0.1, 0.15) is 28.2 Å². The number of nitrogens with one attached hydrogen (secondary N) is 1. The maximum absolute atomic E-state index is 12.7. The average Bonchev–Trinajstić information content (AvgIpc) is 3.09. The topological polar surface area (TPSA) is 58.1 Å². The zero-order valence-electron chi connectivity index (χ0n) is 12.6. The van der Waals surface area contributed by atoms with Gasteiger partial charge in [-0.25, -0.2) is 9.97 Å². The van der Waals surface area contributed by atoms with E-state index in [0.29, 0.717) is 30.8 Å². The number of carbonyl (C=O) groups excluding carboxylic acids is 1. The zero-order chi connectivity index (χ0) is 17.2. The lowest BCUT2D eigenvalue weighted by atomic mass is 10.0. The molecule has 1 aliphatic rings. The molecule has 0 saturated carbocycles. The third kappa shape index (κ3) is 3.84. The molecule has 0 spiro atoms. The van der Waals surface area contributed by atoms with Gasteiger partial charge in [0, 0.05) is 25.2 Å². The Bertz CT molecular complexity index is 697. The molecule has 3 rings (SSSR count). The first-order chi connectivity index (χ1) is 11.4. The van der Waals surface area contributed by atoms with Gasteiger partial charge in [0.25, 0.3) is 5.91 Å². The number of carbonyl (C=O) groups is 1. The van der Waals surface area contributed by atoms with E-state index >= 15 is 0 Å². The van der Waals surface area contributed by atoms with Crippen LogP contribution in [-0.2, 0) is 6.18 Å². The third-order valence-electron chi connectivity index (χ3n) is 3.84. The number of halogens is 3. The second-order valence-corrected chi connectivity index (χ2v) is 6.42. The van der Waals surface area contributed by atoms with Gasteiger partial charge in [0.2, 0.25) is 0 Å². The molecule has 1 fully saturated rings. The van der Waals surface area contributed by atoms with Crippen molar-refractivity contribution >= 4 is 23.1 Å². The molecule has 128 valence electrons. The van der Waals surface area contributed by atoms with Gasteiger partial charge in [-0.2, -0.15) is 13.2 Å². The van der Waals surface area contributed by atoms with Crippen LogP contribution in [0.3, 0.4) is 0 Å². The molecule has 5 nitrogen and oxygen atoms in total. The molecule has 0 atom stereocenters. The van der Waals surface area contributed by atoms with Crippen molar-refractivity contribution in [2.75, 3.05) is 18.0 Å². The largest absolute Gasteiger partial charge is 0.433 e. The smallest absolute Gasteiger partial charge is 0.356 e. The highest BCUT2D eigenvalue weighted by molar-refractivity contribution is 7.12. The summed E-state index contributed by atoms with van der Waals surface area (Å²) in [5.41, 5.74) is -0.944. The average molecular weight is 356 g/mol. The molecule has 1 saturated heterocycles. The number of aromatic nitrogens is 2. The third-order valence-corrected chi connectivity index (χ3v) is 4.71. The van der Waals surface area contributed by atoms with Crippen molar-refractivity contribution in [3.05, 3.63) is 40.5 Å². The normalized spacial score (nSPS) is 16.2. The Labute approximate surface area is 140 Å². The van der Waals surface area contributed by atoms with Crippen LogP contribution in [0.2, 0.25) is 0 Å². The minimum Gasteiger partial charge on any atom is -0.356 e. The van der Waals surface area contributed by atoms with Crippen LogP contribution < -0.4 is 10.2 Å². The van der Waals surface area contributed by atoms with Gasteiger partial charge in [0.05, 0.1) is 4.88 Å². The maximum Gasteiger partial charge on any atom is 0.433 e. The fourth-order valence-corrected chi connectivity index (χ4v) is 3.22. The van der Waals surface area contributed by atoms with Gasteiger partial charge in [-0.05, 0) is 24.3 Å². The summed E-state index contributed by atoms with van der Waals surface area (Å²) in [6.07, 6.45) is -2.24. The number of alkyl halides is 3. The number of nitrogens with zero attached hydrogens (tertiary/aromatic N) is 3. The summed E-state index contributed by atoms with van der Waals surface area (Å²) in [5, 5.41) is 4.80. The molecule has 2 aromatic heterocycles. The van der Waals surface area contributed by atoms with E-state index in [4.69, 9.17) is 0 Å². The van der Waals surface area contributed by atoms with Crippen LogP contribution in [0.4, 0.5) is 19.0 Å². The van der Waals surface area contributed by atoms with Crippen LogP contribution in [0.15, 0.2) is 29.9 Å². The quantitative estimate of drug-likeness (QED) is 0.919. The molecular weight excluding hydrogens is 341 g/mol. The molecule has 2 aromatic rings. The number of hydrogen-bond donors (Lipinski definition) is 1. The molecule has 0 radical (unpaired) electrons. The van der Waals surface area contributed by atoms with E-state index in [1.807, 2.05) is 11.4 Å². The van der Waals surface area contributed by atoms with E-state index in [2.05, 4.69) is 15.3 Å². The second kappa shape index (κ2) is 6.76. The summed E-state index contributed by atoms with van der Waals surface area (Å²) in [6.45, 7) is 1.06. The van der Waals surface area contributed by atoms with E-state index in [9.17, 15) is 18.0 Å². The number of anilines is 1. The van der Waals surface area contributed by atoms with Crippen molar-refractivity contribution in [3.63, 3.8) is 0 Å². The minimum atomic E-state index is -4.48. The Morgan fingerprint density at radius 1 is 1.29 bits per heavy atom. The summed E-state index contributed by atoms with van der Waals surface area (Å²) in [7, 11) is 0.